The molecule has 0 saturated heterocycles. The molecule has 0 radical (unpaired) electrons. The maximum Gasteiger partial charge on any atom is 0.472 e. The molecule has 0 aliphatic rings. The van der Waals surface area contributed by atoms with E-state index in [-0.39, 0.29) is 25.7 Å². The van der Waals surface area contributed by atoms with E-state index in [0.29, 0.717) is 25.7 Å². The van der Waals surface area contributed by atoms with Gasteiger partial charge in [-0.25, -0.2) is 9.13 Å². The first-order chi connectivity index (χ1) is 48.8. The maximum atomic E-state index is 13.1. The van der Waals surface area contributed by atoms with Crippen LogP contribution < -0.4 is 0 Å². The van der Waals surface area contributed by atoms with Crippen molar-refractivity contribution in [1.82, 2.24) is 0 Å². The molecule has 17 nitrogen and oxygen atoms in total. The summed E-state index contributed by atoms with van der Waals surface area (Å²) in [5, 5.41) is 10.6. The second kappa shape index (κ2) is 72.3. The van der Waals surface area contributed by atoms with Crippen molar-refractivity contribution in [3.8, 4) is 0 Å². The second-order valence-electron chi connectivity index (χ2n) is 30.7. The molecular formula is C82H160O17P2. The molecule has 0 spiro atoms. The lowest BCUT2D eigenvalue weighted by Gasteiger charge is -2.21. The van der Waals surface area contributed by atoms with Gasteiger partial charge in [0.1, 0.15) is 19.3 Å². The molecular weight excluding hydrogens is 1320 g/mol. The van der Waals surface area contributed by atoms with E-state index in [4.69, 9.17) is 37.0 Å². The molecule has 0 aromatic carbocycles. The summed E-state index contributed by atoms with van der Waals surface area (Å²) < 4.78 is 68.5. The molecule has 3 unspecified atom stereocenters. The first-order valence-electron chi connectivity index (χ1n) is 42.4. The number of hydrogen-bond donors (Lipinski definition) is 3. The van der Waals surface area contributed by atoms with Crippen LogP contribution in [0.1, 0.15) is 427 Å². The van der Waals surface area contributed by atoms with E-state index in [0.717, 1.165) is 120 Å². The average Bonchev–Trinajstić information content (AvgIpc) is 0.918. The van der Waals surface area contributed by atoms with Crippen LogP contribution in [-0.4, -0.2) is 96.7 Å². The number of hydrogen-bond acceptors (Lipinski definition) is 15. The van der Waals surface area contributed by atoms with Gasteiger partial charge in [-0.3, -0.25) is 37.3 Å². The first-order valence-corrected chi connectivity index (χ1v) is 45.4. The number of phosphoric acid groups is 2. The molecule has 600 valence electrons. The highest BCUT2D eigenvalue weighted by Crippen LogP contribution is 2.45. The van der Waals surface area contributed by atoms with Gasteiger partial charge < -0.3 is 33.8 Å². The number of carbonyl (C=O) groups excluding carboxylic acids is 4. The lowest BCUT2D eigenvalue weighted by Crippen LogP contribution is -2.30. The van der Waals surface area contributed by atoms with Crippen molar-refractivity contribution in [2.24, 2.45) is 17.8 Å². The molecule has 3 N–H and O–H groups in total. The Kier molecular flexibility index (Phi) is 70.9. The number of carbonyl (C=O) groups is 4. The summed E-state index contributed by atoms with van der Waals surface area (Å²) >= 11 is 0. The summed E-state index contributed by atoms with van der Waals surface area (Å²) in [4.78, 5) is 72.8. The van der Waals surface area contributed by atoms with E-state index >= 15 is 0 Å². The number of unbranched alkanes of at least 4 members (excludes halogenated alkanes) is 47. The van der Waals surface area contributed by atoms with Crippen LogP contribution in [0.3, 0.4) is 0 Å². The zero-order valence-corrected chi connectivity index (χ0v) is 68.2. The van der Waals surface area contributed by atoms with E-state index < -0.39 is 97.5 Å². The van der Waals surface area contributed by atoms with Gasteiger partial charge in [-0.15, -0.1) is 0 Å². The van der Waals surface area contributed by atoms with Gasteiger partial charge in [-0.1, -0.05) is 376 Å². The SMILES string of the molecule is CCCCCCCCCC(=O)OC[C@H](COP(=O)(O)OC[C@H](O)COP(=O)(O)OC[C@@H](COC(=O)CCCCCCCCCCCCCCCCCCCCC(C)C)OC(=O)CCCCCCCCCCCCCCCCCCCCC(C)CC)OC(=O)CCCCCCCCCCC(C)C. The minimum atomic E-state index is -4.96. The number of aliphatic hydroxyl groups is 1. The van der Waals surface area contributed by atoms with Gasteiger partial charge >= 0.3 is 39.5 Å². The third kappa shape index (κ3) is 74.7. The van der Waals surface area contributed by atoms with Gasteiger partial charge in [-0.2, -0.15) is 0 Å². The molecule has 0 heterocycles. The normalized spacial score (nSPS) is 14.2. The Morgan fingerprint density at radius 1 is 0.287 bits per heavy atom. The summed E-state index contributed by atoms with van der Waals surface area (Å²) in [5.41, 5.74) is 0. The summed E-state index contributed by atoms with van der Waals surface area (Å²) in [5.74, 6) is 0.295. The van der Waals surface area contributed by atoms with Crippen LogP contribution in [0.2, 0.25) is 0 Å². The van der Waals surface area contributed by atoms with Crippen LogP contribution in [0.4, 0.5) is 0 Å². The Morgan fingerprint density at radius 3 is 0.752 bits per heavy atom. The van der Waals surface area contributed by atoms with Gasteiger partial charge in [0, 0.05) is 25.7 Å². The van der Waals surface area contributed by atoms with Crippen molar-refractivity contribution in [1.29, 1.82) is 0 Å². The molecule has 0 aromatic rings. The van der Waals surface area contributed by atoms with E-state index in [1.54, 1.807) is 0 Å². The highest BCUT2D eigenvalue weighted by Gasteiger charge is 2.30. The Hall–Kier alpha value is -1.94. The van der Waals surface area contributed by atoms with Crippen LogP contribution in [0.15, 0.2) is 0 Å². The summed E-state index contributed by atoms with van der Waals surface area (Å²) in [6.07, 6.45) is 61.5. The molecule has 0 aliphatic carbocycles. The second-order valence-corrected chi connectivity index (χ2v) is 33.6. The fraction of sp³-hybridized carbons (Fsp3) is 0.951. The number of rotatable bonds is 80. The minimum Gasteiger partial charge on any atom is -0.462 e. The Balaban J connectivity index is 5.14. The highest BCUT2D eigenvalue weighted by molar-refractivity contribution is 7.47. The van der Waals surface area contributed by atoms with Crippen LogP contribution in [0.25, 0.3) is 0 Å². The fourth-order valence-corrected chi connectivity index (χ4v) is 14.2. The molecule has 0 saturated carbocycles. The topological polar surface area (TPSA) is 237 Å². The number of phosphoric ester groups is 2. The van der Waals surface area contributed by atoms with E-state index in [2.05, 4.69) is 48.5 Å². The van der Waals surface area contributed by atoms with Crippen LogP contribution in [0.5, 0.6) is 0 Å². The van der Waals surface area contributed by atoms with Crippen LogP contribution in [0, 0.1) is 17.8 Å². The molecule has 0 bridgehead atoms. The standard InChI is InChI=1S/C82H160O17P2/c1-8-10-11-12-39-49-56-63-79(84)92-69-77(99-82(87)66-59-52-45-38-37-41-47-54-61-74(5)6)71-96-100(88,89)94-67-76(83)68-95-101(90,91)97-72-78(70-93-80(85)64-57-50-43-35-31-27-23-19-15-13-17-21-25-29-33-40-46-53-60-73(3)4)98-81(86)65-58-51-44-36-32-28-24-20-16-14-18-22-26-30-34-42-48-55-62-75(7)9-2/h73-78,83H,8-72H2,1-7H3,(H,88,89)(H,90,91)/t75?,76-,77+,78+/m0/s1. The predicted octanol–water partition coefficient (Wildman–Crippen LogP) is 24.5. The van der Waals surface area contributed by atoms with E-state index in [9.17, 15) is 43.2 Å². The third-order valence-corrected chi connectivity index (χ3v) is 21.4. The monoisotopic (exact) mass is 1480 g/mol. The zero-order chi connectivity index (χ0) is 74.4. The molecule has 19 heteroatoms. The molecule has 0 rings (SSSR count). The minimum absolute atomic E-state index is 0.104. The highest BCUT2D eigenvalue weighted by atomic mass is 31.2. The largest absolute Gasteiger partial charge is 0.472 e. The molecule has 0 aromatic heterocycles. The average molecular weight is 1480 g/mol. The van der Waals surface area contributed by atoms with Gasteiger partial charge in [-0.05, 0) is 43.4 Å². The quantitative estimate of drug-likeness (QED) is 0.0222. The van der Waals surface area contributed by atoms with Gasteiger partial charge in [0.15, 0.2) is 12.2 Å². The van der Waals surface area contributed by atoms with Crippen molar-refractivity contribution in [2.75, 3.05) is 39.6 Å². The van der Waals surface area contributed by atoms with E-state index in [1.807, 2.05) is 0 Å². The zero-order valence-electron chi connectivity index (χ0n) is 66.4. The Morgan fingerprint density at radius 2 is 0.505 bits per heavy atom. The van der Waals surface area contributed by atoms with Crippen molar-refractivity contribution < 1.29 is 80.2 Å². The third-order valence-electron chi connectivity index (χ3n) is 19.5. The number of esters is 4. The van der Waals surface area contributed by atoms with Crippen LogP contribution in [-0.2, 0) is 65.4 Å². The van der Waals surface area contributed by atoms with Crippen molar-refractivity contribution in [2.45, 2.75) is 446 Å². The fourth-order valence-electron chi connectivity index (χ4n) is 12.6. The Bertz CT molecular complexity index is 1960. The van der Waals surface area contributed by atoms with Crippen molar-refractivity contribution in [3.05, 3.63) is 0 Å². The Labute approximate surface area is 619 Å². The molecule has 101 heavy (non-hydrogen) atoms. The number of ether oxygens (including phenoxy) is 4. The smallest absolute Gasteiger partial charge is 0.462 e. The number of aliphatic hydroxyl groups excluding tert-OH is 1. The van der Waals surface area contributed by atoms with Crippen LogP contribution >= 0.6 is 15.6 Å². The van der Waals surface area contributed by atoms with Crippen molar-refractivity contribution >= 4 is 39.5 Å². The van der Waals surface area contributed by atoms with Gasteiger partial charge in [0.05, 0.1) is 26.4 Å². The summed E-state index contributed by atoms with van der Waals surface area (Å²) in [6, 6.07) is 0. The maximum absolute atomic E-state index is 13.1. The van der Waals surface area contributed by atoms with Gasteiger partial charge in [0.25, 0.3) is 0 Å². The molecule has 0 fully saturated rings. The lowest BCUT2D eigenvalue weighted by molar-refractivity contribution is -0.161. The summed E-state index contributed by atoms with van der Waals surface area (Å²) in [6.45, 7) is 12.0. The van der Waals surface area contributed by atoms with Gasteiger partial charge in [0.2, 0.25) is 0 Å². The molecule has 0 amide bonds. The predicted molar refractivity (Wildman–Crippen MR) is 414 cm³/mol. The summed E-state index contributed by atoms with van der Waals surface area (Å²) in [7, 11) is -9.91. The molecule has 0 aliphatic heterocycles. The van der Waals surface area contributed by atoms with Crippen molar-refractivity contribution in [3.63, 3.8) is 0 Å². The first kappa shape index (κ1) is 99.1. The van der Waals surface area contributed by atoms with E-state index in [1.165, 1.54) is 225 Å². The molecule has 6 atom stereocenters. The lowest BCUT2D eigenvalue weighted by atomic mass is 9.99.